The van der Waals surface area contributed by atoms with E-state index < -0.39 is 12.4 Å². The first-order chi connectivity index (χ1) is 8.75. The molecule has 1 heterocycles. The first-order valence-electron chi connectivity index (χ1n) is 6.39. The molecular formula is C14H16O4. The summed E-state index contributed by atoms with van der Waals surface area (Å²) in [6.45, 7) is 0. The molecule has 4 nitrogen and oxygen atoms in total. The molecule has 1 unspecified atom stereocenters. The average molecular weight is 248 g/mol. The standard InChI is InChI=1S/C14H16O4/c15-11-7-3-4-8-12(11)17-14-10-6-2-1-5-9(10)13(16)18-14/h1-2,5-6,11-12,14-15H,3-4,7-8H2/t11-,12-,14?/m0/s1. The number of carbonyl (C=O) groups excluding carboxylic acids is 1. The fraction of sp³-hybridized carbons (Fsp3) is 0.500. The van der Waals surface area contributed by atoms with Crippen LogP contribution in [0.1, 0.15) is 47.9 Å². The van der Waals surface area contributed by atoms with Gasteiger partial charge in [-0.3, -0.25) is 0 Å². The third kappa shape index (κ3) is 2.02. The van der Waals surface area contributed by atoms with Gasteiger partial charge in [-0.2, -0.15) is 0 Å². The van der Waals surface area contributed by atoms with E-state index in [1.165, 1.54) is 0 Å². The van der Waals surface area contributed by atoms with Crippen LogP contribution in [-0.4, -0.2) is 23.3 Å². The summed E-state index contributed by atoms with van der Waals surface area (Å²) in [6.07, 6.45) is 2.30. The molecule has 0 aromatic heterocycles. The SMILES string of the molecule is O=C1OC(O[C@H]2CCCC[C@@H]2O)c2ccccc21. The van der Waals surface area contributed by atoms with Crippen molar-refractivity contribution in [3.8, 4) is 0 Å². The Morgan fingerprint density at radius 3 is 2.83 bits per heavy atom. The molecule has 1 aliphatic heterocycles. The second-order valence-corrected chi connectivity index (χ2v) is 4.85. The van der Waals surface area contributed by atoms with E-state index in [1.54, 1.807) is 12.1 Å². The molecule has 1 aliphatic carbocycles. The molecule has 3 atom stereocenters. The Bertz CT molecular complexity index is 457. The number of aliphatic hydroxyl groups excluding tert-OH is 1. The number of esters is 1. The van der Waals surface area contributed by atoms with Gasteiger partial charge in [0.15, 0.2) is 0 Å². The van der Waals surface area contributed by atoms with Gasteiger partial charge in [0, 0.05) is 5.56 Å². The summed E-state index contributed by atoms with van der Waals surface area (Å²) in [7, 11) is 0. The fourth-order valence-corrected chi connectivity index (χ4v) is 2.61. The highest BCUT2D eigenvalue weighted by Crippen LogP contribution is 2.34. The number of rotatable bonds is 2. The summed E-state index contributed by atoms with van der Waals surface area (Å²) in [4.78, 5) is 11.6. The van der Waals surface area contributed by atoms with Crippen LogP contribution in [-0.2, 0) is 9.47 Å². The largest absolute Gasteiger partial charge is 0.428 e. The molecule has 0 radical (unpaired) electrons. The zero-order valence-corrected chi connectivity index (χ0v) is 10.0. The van der Waals surface area contributed by atoms with E-state index in [2.05, 4.69) is 0 Å². The van der Waals surface area contributed by atoms with Crippen LogP contribution in [0.5, 0.6) is 0 Å². The first-order valence-corrected chi connectivity index (χ1v) is 6.39. The number of aliphatic hydroxyl groups is 1. The van der Waals surface area contributed by atoms with E-state index in [-0.39, 0.29) is 12.1 Å². The van der Waals surface area contributed by atoms with Crippen molar-refractivity contribution in [1.82, 2.24) is 0 Å². The zero-order chi connectivity index (χ0) is 12.5. The lowest BCUT2D eigenvalue weighted by Crippen LogP contribution is -2.33. The Morgan fingerprint density at radius 1 is 1.22 bits per heavy atom. The Hall–Kier alpha value is -1.39. The fourth-order valence-electron chi connectivity index (χ4n) is 2.61. The smallest absolute Gasteiger partial charge is 0.341 e. The molecule has 0 saturated heterocycles. The number of benzene rings is 1. The molecule has 1 N–H and O–H groups in total. The molecule has 1 saturated carbocycles. The molecule has 96 valence electrons. The molecule has 1 fully saturated rings. The van der Waals surface area contributed by atoms with Gasteiger partial charge in [0.1, 0.15) is 0 Å². The molecule has 0 amide bonds. The van der Waals surface area contributed by atoms with Crippen molar-refractivity contribution >= 4 is 5.97 Å². The van der Waals surface area contributed by atoms with E-state index in [0.717, 1.165) is 31.2 Å². The molecule has 18 heavy (non-hydrogen) atoms. The predicted octanol–water partition coefficient (Wildman–Crippen LogP) is 2.18. The highest BCUT2D eigenvalue weighted by Gasteiger charge is 2.35. The van der Waals surface area contributed by atoms with E-state index in [0.29, 0.717) is 5.56 Å². The summed E-state index contributed by atoms with van der Waals surface area (Å²) in [6, 6.07) is 7.23. The number of ether oxygens (including phenoxy) is 2. The molecule has 4 heteroatoms. The maximum atomic E-state index is 11.6. The van der Waals surface area contributed by atoms with Crippen LogP contribution in [0.2, 0.25) is 0 Å². The monoisotopic (exact) mass is 248 g/mol. The number of carbonyl (C=O) groups is 1. The minimum absolute atomic E-state index is 0.234. The third-order valence-corrected chi connectivity index (χ3v) is 3.61. The van der Waals surface area contributed by atoms with E-state index in [1.807, 2.05) is 12.1 Å². The summed E-state index contributed by atoms with van der Waals surface area (Å²) in [5, 5.41) is 9.88. The van der Waals surface area contributed by atoms with Gasteiger partial charge >= 0.3 is 5.97 Å². The van der Waals surface area contributed by atoms with E-state index in [9.17, 15) is 9.90 Å². The van der Waals surface area contributed by atoms with Gasteiger partial charge in [-0.25, -0.2) is 4.79 Å². The maximum Gasteiger partial charge on any atom is 0.341 e. The van der Waals surface area contributed by atoms with Crippen LogP contribution < -0.4 is 0 Å². The van der Waals surface area contributed by atoms with Crippen LogP contribution in [0, 0.1) is 0 Å². The van der Waals surface area contributed by atoms with Crippen LogP contribution in [0.25, 0.3) is 0 Å². The third-order valence-electron chi connectivity index (χ3n) is 3.61. The molecule has 3 rings (SSSR count). The first kappa shape index (κ1) is 11.7. The summed E-state index contributed by atoms with van der Waals surface area (Å²) < 4.78 is 11.0. The summed E-state index contributed by atoms with van der Waals surface area (Å²) in [5.41, 5.74) is 1.33. The predicted molar refractivity (Wildman–Crippen MR) is 63.9 cm³/mol. The summed E-state index contributed by atoms with van der Waals surface area (Å²) >= 11 is 0. The normalized spacial score (nSPS) is 30.9. The Labute approximate surface area is 106 Å². The Balaban J connectivity index is 1.76. The van der Waals surface area contributed by atoms with Gasteiger partial charge in [0.05, 0.1) is 17.8 Å². The van der Waals surface area contributed by atoms with Gasteiger partial charge < -0.3 is 14.6 Å². The highest BCUT2D eigenvalue weighted by molar-refractivity contribution is 5.93. The van der Waals surface area contributed by atoms with Gasteiger partial charge in [0.2, 0.25) is 6.29 Å². The lowest BCUT2D eigenvalue weighted by molar-refractivity contribution is -0.173. The lowest BCUT2D eigenvalue weighted by atomic mass is 9.95. The van der Waals surface area contributed by atoms with Gasteiger partial charge in [-0.1, -0.05) is 31.0 Å². The van der Waals surface area contributed by atoms with Crippen molar-refractivity contribution in [2.75, 3.05) is 0 Å². The lowest BCUT2D eigenvalue weighted by Gasteiger charge is -2.29. The summed E-state index contributed by atoms with van der Waals surface area (Å²) in [5.74, 6) is -0.346. The molecular weight excluding hydrogens is 232 g/mol. The van der Waals surface area contributed by atoms with Crippen molar-refractivity contribution in [1.29, 1.82) is 0 Å². The number of fused-ring (bicyclic) bond motifs is 1. The van der Waals surface area contributed by atoms with Gasteiger partial charge in [0.25, 0.3) is 0 Å². The molecule has 0 bridgehead atoms. The van der Waals surface area contributed by atoms with Gasteiger partial charge in [-0.05, 0) is 18.9 Å². The number of cyclic esters (lactones) is 1. The van der Waals surface area contributed by atoms with Crippen molar-refractivity contribution in [3.63, 3.8) is 0 Å². The van der Waals surface area contributed by atoms with Crippen molar-refractivity contribution < 1.29 is 19.4 Å². The molecule has 1 aromatic carbocycles. The number of hydrogen-bond acceptors (Lipinski definition) is 4. The van der Waals surface area contributed by atoms with E-state index in [4.69, 9.17) is 9.47 Å². The van der Waals surface area contributed by atoms with Crippen LogP contribution in [0.4, 0.5) is 0 Å². The van der Waals surface area contributed by atoms with Gasteiger partial charge in [-0.15, -0.1) is 0 Å². The minimum Gasteiger partial charge on any atom is -0.428 e. The zero-order valence-electron chi connectivity index (χ0n) is 10.0. The van der Waals surface area contributed by atoms with Crippen molar-refractivity contribution in [2.24, 2.45) is 0 Å². The molecule has 2 aliphatic rings. The molecule has 1 aromatic rings. The number of hydrogen-bond donors (Lipinski definition) is 1. The quantitative estimate of drug-likeness (QED) is 0.815. The average Bonchev–Trinajstić information content (AvgIpc) is 2.70. The van der Waals surface area contributed by atoms with Crippen LogP contribution in [0.15, 0.2) is 24.3 Å². The highest BCUT2D eigenvalue weighted by atomic mass is 16.7. The Kier molecular flexibility index (Phi) is 3.06. The maximum absolute atomic E-state index is 11.6. The second kappa shape index (κ2) is 4.71. The second-order valence-electron chi connectivity index (χ2n) is 4.85. The van der Waals surface area contributed by atoms with Crippen LogP contribution >= 0.6 is 0 Å². The van der Waals surface area contributed by atoms with E-state index >= 15 is 0 Å². The minimum atomic E-state index is -0.661. The molecule has 0 spiro atoms. The Morgan fingerprint density at radius 2 is 2.00 bits per heavy atom. The topological polar surface area (TPSA) is 55.8 Å². The van der Waals surface area contributed by atoms with Crippen molar-refractivity contribution in [2.45, 2.75) is 44.2 Å². The van der Waals surface area contributed by atoms with Crippen LogP contribution in [0.3, 0.4) is 0 Å². The van der Waals surface area contributed by atoms with Crippen molar-refractivity contribution in [3.05, 3.63) is 35.4 Å².